The van der Waals surface area contributed by atoms with Gasteiger partial charge in [0.1, 0.15) is 18.5 Å². The van der Waals surface area contributed by atoms with Crippen LogP contribution in [0.5, 0.6) is 0 Å². The van der Waals surface area contributed by atoms with E-state index in [0.717, 1.165) is 0 Å². The van der Waals surface area contributed by atoms with Crippen molar-refractivity contribution in [2.75, 3.05) is 13.2 Å². The number of hydrogen-bond acceptors (Lipinski definition) is 6. The van der Waals surface area contributed by atoms with Gasteiger partial charge in [-0.25, -0.2) is 0 Å². The van der Waals surface area contributed by atoms with Crippen LogP contribution in [0.15, 0.2) is 0 Å². The summed E-state index contributed by atoms with van der Waals surface area (Å²) in [5.74, 6) is 0. The Morgan fingerprint density at radius 1 is 1.27 bits per heavy atom. The SMILES string of the molecule is CCNC(C=O)CC(O)C(O)C(O)CO. The van der Waals surface area contributed by atoms with E-state index in [1.807, 2.05) is 6.92 Å². The van der Waals surface area contributed by atoms with Gasteiger partial charge < -0.3 is 30.5 Å². The van der Waals surface area contributed by atoms with Crippen LogP contribution in [0, 0.1) is 0 Å². The highest BCUT2D eigenvalue weighted by Gasteiger charge is 2.26. The molecule has 90 valence electrons. The van der Waals surface area contributed by atoms with Crippen molar-refractivity contribution in [3.63, 3.8) is 0 Å². The second-order valence-electron chi connectivity index (χ2n) is 3.34. The lowest BCUT2D eigenvalue weighted by atomic mass is 10.0. The summed E-state index contributed by atoms with van der Waals surface area (Å²) in [6.45, 7) is 1.74. The zero-order valence-electron chi connectivity index (χ0n) is 8.71. The second-order valence-corrected chi connectivity index (χ2v) is 3.34. The second kappa shape index (κ2) is 7.72. The average Bonchev–Trinajstić information content (AvgIpc) is 2.26. The van der Waals surface area contributed by atoms with Crippen LogP contribution < -0.4 is 5.32 Å². The third-order valence-electron chi connectivity index (χ3n) is 2.10. The molecule has 0 aliphatic carbocycles. The van der Waals surface area contributed by atoms with Crippen LogP contribution in [0.1, 0.15) is 13.3 Å². The van der Waals surface area contributed by atoms with E-state index in [4.69, 9.17) is 10.2 Å². The predicted octanol–water partition coefficient (Wildman–Crippen LogP) is -2.37. The highest BCUT2D eigenvalue weighted by Crippen LogP contribution is 2.06. The number of carbonyl (C=O) groups excluding carboxylic acids is 1. The van der Waals surface area contributed by atoms with E-state index in [1.54, 1.807) is 0 Å². The van der Waals surface area contributed by atoms with Crippen molar-refractivity contribution < 1.29 is 25.2 Å². The minimum Gasteiger partial charge on any atom is -0.394 e. The number of aldehydes is 1. The zero-order chi connectivity index (χ0) is 11.8. The molecule has 0 aliphatic heterocycles. The van der Waals surface area contributed by atoms with Crippen LogP contribution in [0.25, 0.3) is 0 Å². The molecule has 0 fully saturated rings. The van der Waals surface area contributed by atoms with Gasteiger partial charge in [-0.1, -0.05) is 6.92 Å². The van der Waals surface area contributed by atoms with Gasteiger partial charge in [0.15, 0.2) is 0 Å². The number of nitrogens with one attached hydrogen (secondary N) is 1. The molecule has 0 aromatic rings. The van der Waals surface area contributed by atoms with Crippen molar-refractivity contribution in [1.29, 1.82) is 0 Å². The van der Waals surface area contributed by atoms with Gasteiger partial charge in [0.2, 0.25) is 0 Å². The molecule has 0 bridgehead atoms. The highest BCUT2D eigenvalue weighted by molar-refractivity contribution is 5.57. The first kappa shape index (κ1) is 14.5. The molecule has 0 rings (SSSR count). The molecule has 0 aromatic carbocycles. The molecular weight excluding hydrogens is 202 g/mol. The monoisotopic (exact) mass is 221 g/mol. The summed E-state index contributed by atoms with van der Waals surface area (Å²) in [5.41, 5.74) is 0. The van der Waals surface area contributed by atoms with Gasteiger partial charge in [0, 0.05) is 0 Å². The summed E-state index contributed by atoms with van der Waals surface area (Å²) < 4.78 is 0. The Morgan fingerprint density at radius 2 is 1.87 bits per heavy atom. The zero-order valence-corrected chi connectivity index (χ0v) is 8.71. The van der Waals surface area contributed by atoms with Crippen LogP contribution in [0.3, 0.4) is 0 Å². The van der Waals surface area contributed by atoms with Gasteiger partial charge in [0.05, 0.1) is 18.8 Å². The third kappa shape index (κ3) is 5.19. The number of aliphatic hydroxyl groups excluding tert-OH is 4. The number of likely N-dealkylation sites (N-methyl/N-ethyl adjacent to an activating group) is 1. The van der Waals surface area contributed by atoms with Gasteiger partial charge in [-0.15, -0.1) is 0 Å². The lowest BCUT2D eigenvalue weighted by molar-refractivity contribution is -0.112. The summed E-state index contributed by atoms with van der Waals surface area (Å²) in [5, 5.41) is 39.1. The number of aliphatic hydroxyl groups is 4. The van der Waals surface area contributed by atoms with Gasteiger partial charge in [0.25, 0.3) is 0 Å². The minimum atomic E-state index is -1.45. The minimum absolute atomic E-state index is 0.00440. The molecule has 0 amide bonds. The van der Waals surface area contributed by atoms with Crippen molar-refractivity contribution in [2.24, 2.45) is 0 Å². The first-order valence-electron chi connectivity index (χ1n) is 4.90. The van der Waals surface area contributed by atoms with Gasteiger partial charge in [-0.2, -0.15) is 0 Å². The topological polar surface area (TPSA) is 110 Å². The van der Waals surface area contributed by atoms with Crippen LogP contribution in [-0.4, -0.2) is 64.2 Å². The van der Waals surface area contributed by atoms with E-state index in [9.17, 15) is 15.0 Å². The standard InChI is InChI=1S/C9H19NO5/c1-2-10-6(4-11)3-7(13)9(15)8(14)5-12/h4,6-10,12-15H,2-3,5H2,1H3. The third-order valence-corrected chi connectivity index (χ3v) is 2.10. The Balaban J connectivity index is 4.08. The highest BCUT2D eigenvalue weighted by atomic mass is 16.4. The fraction of sp³-hybridized carbons (Fsp3) is 0.889. The molecule has 0 saturated heterocycles. The molecule has 4 atom stereocenters. The number of rotatable bonds is 8. The van der Waals surface area contributed by atoms with Gasteiger partial charge >= 0.3 is 0 Å². The molecule has 0 aliphatic rings. The lowest BCUT2D eigenvalue weighted by Gasteiger charge is -2.23. The summed E-state index contributed by atoms with van der Waals surface area (Å²) >= 11 is 0. The molecule has 5 N–H and O–H groups in total. The maximum absolute atomic E-state index is 10.5. The fourth-order valence-electron chi connectivity index (χ4n) is 1.21. The molecule has 0 aromatic heterocycles. The maximum atomic E-state index is 10.5. The number of carbonyl (C=O) groups is 1. The smallest absolute Gasteiger partial charge is 0.136 e. The van der Waals surface area contributed by atoms with Gasteiger partial charge in [-0.05, 0) is 13.0 Å². The van der Waals surface area contributed by atoms with Crippen molar-refractivity contribution in [1.82, 2.24) is 5.32 Å². The summed E-state index contributed by atoms with van der Waals surface area (Å²) in [4.78, 5) is 10.5. The van der Waals surface area contributed by atoms with Crippen molar-refractivity contribution in [2.45, 2.75) is 37.7 Å². The Kier molecular flexibility index (Phi) is 7.45. The first-order chi connectivity index (χ1) is 7.06. The van der Waals surface area contributed by atoms with E-state index >= 15 is 0 Å². The van der Waals surface area contributed by atoms with Gasteiger partial charge in [-0.3, -0.25) is 0 Å². The Hall–Kier alpha value is -0.530. The summed E-state index contributed by atoms with van der Waals surface area (Å²) in [6.07, 6.45) is -3.47. The van der Waals surface area contributed by atoms with E-state index in [1.165, 1.54) is 0 Å². The van der Waals surface area contributed by atoms with Crippen LogP contribution in [0.4, 0.5) is 0 Å². The molecule has 4 unspecified atom stereocenters. The molecule has 0 spiro atoms. The Bertz CT molecular complexity index is 178. The first-order valence-corrected chi connectivity index (χ1v) is 4.90. The van der Waals surface area contributed by atoms with E-state index < -0.39 is 31.0 Å². The van der Waals surface area contributed by atoms with Crippen molar-refractivity contribution in [3.8, 4) is 0 Å². The maximum Gasteiger partial charge on any atom is 0.136 e. The molecule has 6 nitrogen and oxygen atoms in total. The number of hydrogen-bond donors (Lipinski definition) is 5. The Labute approximate surface area is 88.5 Å². The fourth-order valence-corrected chi connectivity index (χ4v) is 1.21. The average molecular weight is 221 g/mol. The molecule has 0 radical (unpaired) electrons. The molecule has 6 heteroatoms. The lowest BCUT2D eigenvalue weighted by Crippen LogP contribution is -2.44. The van der Waals surface area contributed by atoms with E-state index in [0.29, 0.717) is 12.8 Å². The summed E-state index contributed by atoms with van der Waals surface area (Å²) in [7, 11) is 0. The van der Waals surface area contributed by atoms with Crippen LogP contribution in [0.2, 0.25) is 0 Å². The molecule has 15 heavy (non-hydrogen) atoms. The molecular formula is C9H19NO5. The molecule has 0 heterocycles. The van der Waals surface area contributed by atoms with Crippen molar-refractivity contribution >= 4 is 6.29 Å². The predicted molar refractivity (Wildman–Crippen MR) is 53.3 cm³/mol. The van der Waals surface area contributed by atoms with E-state index in [2.05, 4.69) is 5.32 Å². The largest absolute Gasteiger partial charge is 0.394 e. The normalized spacial score (nSPS) is 19.3. The quantitative estimate of drug-likeness (QED) is 0.293. The Morgan fingerprint density at radius 3 is 2.27 bits per heavy atom. The summed E-state index contributed by atoms with van der Waals surface area (Å²) in [6, 6.07) is -0.564. The van der Waals surface area contributed by atoms with Crippen molar-refractivity contribution in [3.05, 3.63) is 0 Å². The molecule has 0 saturated carbocycles. The van der Waals surface area contributed by atoms with Crippen LogP contribution >= 0.6 is 0 Å². The van der Waals surface area contributed by atoms with Crippen LogP contribution in [-0.2, 0) is 4.79 Å². The van der Waals surface area contributed by atoms with E-state index in [-0.39, 0.29) is 6.42 Å².